The molecule has 26 heavy (non-hydrogen) atoms. The molecule has 9 heteroatoms. The van der Waals surface area contributed by atoms with E-state index in [9.17, 15) is 22.8 Å². The third kappa shape index (κ3) is 8.82. The Hall–Kier alpha value is -2.13. The van der Waals surface area contributed by atoms with Gasteiger partial charge < -0.3 is 21.1 Å². The number of nitrogens with one attached hydrogen (secondary N) is 2. The lowest BCUT2D eigenvalue weighted by atomic mass is 10.1. The first-order valence-corrected chi connectivity index (χ1v) is 8.11. The van der Waals surface area contributed by atoms with Crippen molar-refractivity contribution in [2.75, 3.05) is 13.2 Å². The summed E-state index contributed by atoms with van der Waals surface area (Å²) >= 11 is 0. The van der Waals surface area contributed by atoms with Crippen LogP contribution in [0.5, 0.6) is 0 Å². The van der Waals surface area contributed by atoms with Crippen LogP contribution in [0.15, 0.2) is 24.3 Å². The second-order valence-electron chi connectivity index (χ2n) is 6.19. The van der Waals surface area contributed by atoms with Crippen molar-refractivity contribution >= 4 is 11.8 Å². The van der Waals surface area contributed by atoms with Crippen LogP contribution in [-0.2, 0) is 27.5 Å². The highest BCUT2D eigenvalue weighted by Gasteiger charge is 2.27. The fraction of sp³-hybridized carbons (Fsp3) is 0.529. The van der Waals surface area contributed by atoms with Gasteiger partial charge in [0.2, 0.25) is 11.8 Å². The van der Waals surface area contributed by atoms with Crippen LogP contribution in [0.3, 0.4) is 0 Å². The summed E-state index contributed by atoms with van der Waals surface area (Å²) in [6.45, 7) is 2.23. The molecule has 4 N–H and O–H groups in total. The number of alkyl halides is 3. The number of carbonyl (C=O) groups excluding carboxylic acids is 2. The Balaban J connectivity index is 2.32. The summed E-state index contributed by atoms with van der Waals surface area (Å²) in [5.41, 5.74) is 7.03. The molecule has 1 aromatic carbocycles. The van der Waals surface area contributed by atoms with Gasteiger partial charge in [-0.15, -0.1) is 0 Å². The first kappa shape index (κ1) is 21.9. The van der Waals surface area contributed by atoms with Crippen LogP contribution in [0.2, 0.25) is 0 Å². The molecule has 0 saturated carbocycles. The van der Waals surface area contributed by atoms with Crippen LogP contribution in [0, 0.1) is 5.92 Å². The number of halogens is 3. The van der Waals surface area contributed by atoms with Gasteiger partial charge in [-0.2, -0.15) is 13.2 Å². The van der Waals surface area contributed by atoms with Crippen LogP contribution in [0.4, 0.5) is 13.2 Å². The Labute approximate surface area is 150 Å². The number of carbonyl (C=O) groups is 2. The third-order valence-electron chi connectivity index (χ3n) is 3.49. The largest absolute Gasteiger partial charge is 0.411 e. The highest BCUT2D eigenvalue weighted by Crippen LogP contribution is 2.15. The van der Waals surface area contributed by atoms with Gasteiger partial charge in [-0.05, 0) is 17.0 Å². The molecule has 0 unspecified atom stereocenters. The Morgan fingerprint density at radius 1 is 1.12 bits per heavy atom. The van der Waals surface area contributed by atoms with Crippen molar-refractivity contribution in [1.82, 2.24) is 10.6 Å². The van der Waals surface area contributed by atoms with E-state index in [1.807, 2.05) is 13.8 Å². The number of hydrogen-bond acceptors (Lipinski definition) is 4. The van der Waals surface area contributed by atoms with Crippen molar-refractivity contribution in [1.29, 1.82) is 0 Å². The standard InChI is InChI=1S/C17H24F3N3O3/c1-11(2)15(21)16(25)23-8-14(24)22-7-12-3-5-13(6-4-12)9-26-10-17(18,19)20/h3-6,11,15H,7-10,21H2,1-2H3,(H,22,24)(H,23,25)/t15-/m0/s1. The number of rotatable bonds is 9. The van der Waals surface area contributed by atoms with Crippen molar-refractivity contribution in [2.24, 2.45) is 11.7 Å². The lowest BCUT2D eigenvalue weighted by molar-refractivity contribution is -0.176. The second kappa shape index (κ2) is 10.1. The maximum Gasteiger partial charge on any atom is 0.411 e. The molecule has 1 atom stereocenters. The van der Waals surface area contributed by atoms with E-state index in [0.29, 0.717) is 5.56 Å². The Morgan fingerprint density at radius 2 is 1.69 bits per heavy atom. The monoisotopic (exact) mass is 375 g/mol. The molecule has 0 spiro atoms. The second-order valence-corrected chi connectivity index (χ2v) is 6.19. The maximum absolute atomic E-state index is 12.0. The summed E-state index contributed by atoms with van der Waals surface area (Å²) in [6, 6.07) is 5.94. The highest BCUT2D eigenvalue weighted by molar-refractivity contribution is 5.87. The summed E-state index contributed by atoms with van der Waals surface area (Å²) in [5.74, 6) is -0.790. The predicted molar refractivity (Wildman–Crippen MR) is 89.8 cm³/mol. The van der Waals surface area contributed by atoms with E-state index < -0.39 is 24.7 Å². The van der Waals surface area contributed by atoms with Gasteiger partial charge >= 0.3 is 6.18 Å². The van der Waals surface area contributed by atoms with E-state index in [1.165, 1.54) is 0 Å². The number of nitrogens with two attached hydrogens (primary N) is 1. The minimum absolute atomic E-state index is 0.0308. The zero-order valence-corrected chi connectivity index (χ0v) is 14.7. The van der Waals surface area contributed by atoms with Gasteiger partial charge in [-0.25, -0.2) is 0 Å². The first-order valence-electron chi connectivity index (χ1n) is 8.11. The third-order valence-corrected chi connectivity index (χ3v) is 3.49. The SMILES string of the molecule is CC(C)[C@H](N)C(=O)NCC(=O)NCc1ccc(COCC(F)(F)F)cc1. The number of hydrogen-bond donors (Lipinski definition) is 3. The van der Waals surface area contributed by atoms with E-state index in [-0.39, 0.29) is 31.5 Å². The molecule has 0 fully saturated rings. The average molecular weight is 375 g/mol. The molecule has 0 heterocycles. The zero-order valence-electron chi connectivity index (χ0n) is 14.7. The Morgan fingerprint density at radius 3 is 2.23 bits per heavy atom. The van der Waals surface area contributed by atoms with E-state index in [4.69, 9.17) is 5.73 Å². The van der Waals surface area contributed by atoms with Gasteiger partial charge in [-0.3, -0.25) is 9.59 Å². The van der Waals surface area contributed by atoms with Crippen LogP contribution >= 0.6 is 0 Å². The molecule has 0 aliphatic heterocycles. The molecule has 0 aliphatic carbocycles. The normalized spacial score (nSPS) is 12.7. The zero-order chi connectivity index (χ0) is 19.7. The van der Waals surface area contributed by atoms with Crippen molar-refractivity contribution in [3.63, 3.8) is 0 Å². The first-order chi connectivity index (χ1) is 12.1. The summed E-state index contributed by atoms with van der Waals surface area (Å²) in [6.07, 6.45) is -4.35. The van der Waals surface area contributed by atoms with Gasteiger partial charge in [0.1, 0.15) is 6.61 Å². The van der Waals surface area contributed by atoms with E-state index in [2.05, 4.69) is 15.4 Å². The van der Waals surface area contributed by atoms with Crippen LogP contribution < -0.4 is 16.4 Å². The Kier molecular flexibility index (Phi) is 8.53. The van der Waals surface area contributed by atoms with E-state index in [0.717, 1.165) is 5.56 Å². The number of amides is 2. The minimum atomic E-state index is -4.35. The molecule has 0 aliphatic rings. The smallest absolute Gasteiger partial charge is 0.367 e. The summed E-state index contributed by atoms with van der Waals surface area (Å²) in [7, 11) is 0. The maximum atomic E-state index is 12.0. The molecule has 0 aromatic heterocycles. The number of ether oxygens (including phenoxy) is 1. The van der Waals surface area contributed by atoms with Crippen LogP contribution in [0.25, 0.3) is 0 Å². The van der Waals surface area contributed by atoms with Gasteiger partial charge in [0.15, 0.2) is 0 Å². The van der Waals surface area contributed by atoms with Gasteiger partial charge in [0.25, 0.3) is 0 Å². The van der Waals surface area contributed by atoms with E-state index in [1.54, 1.807) is 24.3 Å². The molecule has 0 bridgehead atoms. The van der Waals surface area contributed by atoms with E-state index >= 15 is 0 Å². The summed E-state index contributed by atoms with van der Waals surface area (Å²) in [4.78, 5) is 23.4. The molecular weight excluding hydrogens is 351 g/mol. The van der Waals surface area contributed by atoms with Crippen LogP contribution in [-0.4, -0.2) is 37.2 Å². The quantitative estimate of drug-likeness (QED) is 0.610. The predicted octanol–water partition coefficient (Wildman–Crippen LogP) is 1.48. The summed E-state index contributed by atoms with van der Waals surface area (Å²) < 4.78 is 40.6. The molecule has 146 valence electrons. The average Bonchev–Trinajstić information content (AvgIpc) is 2.57. The van der Waals surface area contributed by atoms with Gasteiger partial charge in [0.05, 0.1) is 19.2 Å². The van der Waals surface area contributed by atoms with Crippen molar-refractivity contribution in [2.45, 2.75) is 39.2 Å². The Bertz CT molecular complexity index is 589. The lowest BCUT2D eigenvalue weighted by Crippen LogP contribution is -2.47. The van der Waals surface area contributed by atoms with Crippen molar-refractivity contribution < 1.29 is 27.5 Å². The molecule has 0 saturated heterocycles. The van der Waals surface area contributed by atoms with Crippen molar-refractivity contribution in [3.8, 4) is 0 Å². The minimum Gasteiger partial charge on any atom is -0.367 e. The van der Waals surface area contributed by atoms with Gasteiger partial charge in [0, 0.05) is 6.54 Å². The fourth-order valence-electron chi connectivity index (χ4n) is 1.89. The van der Waals surface area contributed by atoms with Crippen molar-refractivity contribution in [3.05, 3.63) is 35.4 Å². The molecule has 0 radical (unpaired) electrons. The summed E-state index contributed by atoms with van der Waals surface area (Å²) in [5, 5.41) is 5.09. The topological polar surface area (TPSA) is 93.5 Å². The molecule has 2 amide bonds. The molecule has 1 aromatic rings. The molecule has 1 rings (SSSR count). The molecule has 6 nitrogen and oxygen atoms in total. The van der Waals surface area contributed by atoms with Gasteiger partial charge in [-0.1, -0.05) is 38.1 Å². The molecular formula is C17H24F3N3O3. The highest BCUT2D eigenvalue weighted by atomic mass is 19.4. The lowest BCUT2D eigenvalue weighted by Gasteiger charge is -2.15. The van der Waals surface area contributed by atoms with Crippen LogP contribution in [0.1, 0.15) is 25.0 Å². The number of benzene rings is 1. The fourth-order valence-corrected chi connectivity index (χ4v) is 1.89.